The van der Waals surface area contributed by atoms with Crippen molar-refractivity contribution in [2.24, 2.45) is 0 Å². The molecule has 8 nitrogen and oxygen atoms in total. The first-order valence-electron chi connectivity index (χ1n) is 9.12. The number of esters is 1. The fraction of sp³-hybridized carbons (Fsp3) is 0.200. The van der Waals surface area contributed by atoms with E-state index in [1.54, 1.807) is 25.1 Å². The van der Waals surface area contributed by atoms with E-state index in [1.165, 1.54) is 29.5 Å². The Bertz CT molecular complexity index is 1090. The molecule has 10 heteroatoms. The number of halogens is 1. The van der Waals surface area contributed by atoms with Gasteiger partial charge in [0.2, 0.25) is 0 Å². The zero-order chi connectivity index (χ0) is 21.5. The number of carbonyl (C=O) groups excluding carboxylic acids is 3. The second-order valence-corrected chi connectivity index (χ2v) is 7.10. The van der Waals surface area contributed by atoms with Crippen molar-refractivity contribution in [3.05, 3.63) is 59.4 Å². The first kappa shape index (κ1) is 21.2. The summed E-state index contributed by atoms with van der Waals surface area (Å²) in [7, 11) is 0. The highest BCUT2D eigenvalue weighted by atomic mass is 32.1. The number of amides is 3. The first-order valence-corrected chi connectivity index (χ1v) is 9.94. The number of urea groups is 1. The molecule has 0 bridgehead atoms. The largest absolute Gasteiger partial charge is 0.462 e. The topological polar surface area (TPSA) is 109 Å². The lowest BCUT2D eigenvalue weighted by Crippen LogP contribution is -2.36. The molecule has 1 heterocycles. The molecule has 0 radical (unpaired) electrons. The Labute approximate surface area is 175 Å². The summed E-state index contributed by atoms with van der Waals surface area (Å²) >= 11 is 1.22. The molecule has 0 aliphatic rings. The van der Waals surface area contributed by atoms with Crippen LogP contribution in [0.3, 0.4) is 0 Å². The molecule has 0 spiro atoms. The van der Waals surface area contributed by atoms with Crippen molar-refractivity contribution in [1.82, 2.24) is 15.6 Å². The van der Waals surface area contributed by atoms with Crippen LogP contribution in [-0.4, -0.2) is 42.6 Å². The van der Waals surface area contributed by atoms with Crippen LogP contribution >= 0.6 is 11.3 Å². The molecule has 156 valence electrons. The molecule has 3 amide bonds. The number of fused-ring (bicyclic) bond motifs is 1. The summed E-state index contributed by atoms with van der Waals surface area (Å²) in [6.45, 7) is 2.36. The Morgan fingerprint density at radius 1 is 1.07 bits per heavy atom. The zero-order valence-electron chi connectivity index (χ0n) is 16.0. The highest BCUT2D eigenvalue weighted by Gasteiger charge is 2.12. The Kier molecular flexibility index (Phi) is 6.91. The van der Waals surface area contributed by atoms with Gasteiger partial charge in [0, 0.05) is 18.7 Å². The van der Waals surface area contributed by atoms with Crippen molar-refractivity contribution in [2.75, 3.05) is 25.0 Å². The minimum atomic E-state index is -0.495. The molecule has 0 aliphatic heterocycles. The van der Waals surface area contributed by atoms with Crippen molar-refractivity contribution in [3.8, 4) is 0 Å². The van der Waals surface area contributed by atoms with Crippen LogP contribution in [0.4, 0.5) is 14.3 Å². The van der Waals surface area contributed by atoms with Crippen LogP contribution < -0.4 is 16.0 Å². The summed E-state index contributed by atoms with van der Waals surface area (Å²) in [5.74, 6) is -1.34. The van der Waals surface area contributed by atoms with Gasteiger partial charge in [-0.05, 0) is 43.3 Å². The number of anilines is 1. The predicted octanol–water partition coefficient (Wildman–Crippen LogP) is 3.16. The molecule has 0 atom stereocenters. The molecule has 30 heavy (non-hydrogen) atoms. The highest BCUT2D eigenvalue weighted by molar-refractivity contribution is 7.22. The molecular weight excluding hydrogens is 411 g/mol. The van der Waals surface area contributed by atoms with E-state index in [0.717, 1.165) is 10.8 Å². The average Bonchev–Trinajstić information content (AvgIpc) is 3.12. The summed E-state index contributed by atoms with van der Waals surface area (Å²) in [5.41, 5.74) is 1.26. The van der Waals surface area contributed by atoms with Crippen LogP contribution in [0.2, 0.25) is 0 Å². The maximum Gasteiger partial charge on any atom is 0.338 e. The van der Waals surface area contributed by atoms with Crippen LogP contribution in [0, 0.1) is 5.82 Å². The van der Waals surface area contributed by atoms with E-state index < -0.39 is 23.7 Å². The maximum absolute atomic E-state index is 13.1. The van der Waals surface area contributed by atoms with Gasteiger partial charge in [-0.2, -0.15) is 0 Å². The Morgan fingerprint density at radius 2 is 1.87 bits per heavy atom. The van der Waals surface area contributed by atoms with E-state index in [-0.39, 0.29) is 25.3 Å². The number of ether oxygens (including phenoxy) is 1. The van der Waals surface area contributed by atoms with E-state index in [0.29, 0.717) is 16.2 Å². The van der Waals surface area contributed by atoms with E-state index >= 15 is 0 Å². The molecule has 0 aliphatic carbocycles. The van der Waals surface area contributed by atoms with E-state index in [1.807, 2.05) is 0 Å². The quantitative estimate of drug-likeness (QED) is 0.394. The third kappa shape index (κ3) is 5.51. The molecule has 3 rings (SSSR count). The van der Waals surface area contributed by atoms with Crippen LogP contribution in [0.15, 0.2) is 42.5 Å². The standard InChI is InChI=1S/C20H19FN4O4S/c1-2-29-18(27)13-6-7-15-16(11-13)30-20(24-15)25-19(28)23-9-8-22-17(26)12-4-3-5-14(21)10-12/h3-7,10-11H,2,8-9H2,1H3,(H,22,26)(H2,23,24,25,28). The number of benzene rings is 2. The molecule has 0 fully saturated rings. The van der Waals surface area contributed by atoms with Crippen molar-refractivity contribution in [3.63, 3.8) is 0 Å². The van der Waals surface area contributed by atoms with Gasteiger partial charge >= 0.3 is 12.0 Å². The van der Waals surface area contributed by atoms with Gasteiger partial charge < -0.3 is 15.4 Å². The summed E-state index contributed by atoms with van der Waals surface area (Å²) < 4.78 is 18.8. The Hall–Kier alpha value is -3.53. The van der Waals surface area contributed by atoms with Crippen molar-refractivity contribution < 1.29 is 23.5 Å². The molecule has 3 N–H and O–H groups in total. The summed E-state index contributed by atoms with van der Waals surface area (Å²) in [6.07, 6.45) is 0. The smallest absolute Gasteiger partial charge is 0.338 e. The fourth-order valence-electron chi connectivity index (χ4n) is 2.54. The second-order valence-electron chi connectivity index (χ2n) is 6.07. The number of aromatic nitrogens is 1. The van der Waals surface area contributed by atoms with Gasteiger partial charge in [-0.3, -0.25) is 10.1 Å². The lowest BCUT2D eigenvalue weighted by Gasteiger charge is -2.07. The summed E-state index contributed by atoms with van der Waals surface area (Å²) in [6, 6.07) is 9.81. The number of nitrogens with zero attached hydrogens (tertiary/aromatic N) is 1. The Balaban J connectivity index is 1.48. The number of rotatable bonds is 7. The summed E-state index contributed by atoms with van der Waals surface area (Å²) in [5, 5.41) is 8.16. The number of carbonyl (C=O) groups is 3. The van der Waals surface area contributed by atoms with Gasteiger partial charge in [0.25, 0.3) is 5.91 Å². The van der Waals surface area contributed by atoms with Crippen LogP contribution in [0.25, 0.3) is 10.2 Å². The normalized spacial score (nSPS) is 10.5. The molecular formula is C20H19FN4O4S. The van der Waals surface area contributed by atoms with Crippen molar-refractivity contribution in [1.29, 1.82) is 0 Å². The molecule has 0 saturated heterocycles. The van der Waals surface area contributed by atoms with Gasteiger partial charge in [0.05, 0.1) is 22.4 Å². The van der Waals surface area contributed by atoms with Crippen LogP contribution in [0.1, 0.15) is 27.6 Å². The van der Waals surface area contributed by atoms with E-state index in [4.69, 9.17) is 4.74 Å². The third-order valence-corrected chi connectivity index (χ3v) is 4.84. The number of thiazole rings is 1. The molecule has 2 aromatic carbocycles. The Morgan fingerprint density at radius 3 is 2.63 bits per heavy atom. The monoisotopic (exact) mass is 430 g/mol. The minimum Gasteiger partial charge on any atom is -0.462 e. The molecule has 3 aromatic rings. The number of nitrogens with one attached hydrogen (secondary N) is 3. The minimum absolute atomic E-state index is 0.171. The lowest BCUT2D eigenvalue weighted by atomic mass is 10.2. The van der Waals surface area contributed by atoms with Gasteiger partial charge in [0.15, 0.2) is 5.13 Å². The molecule has 0 saturated carbocycles. The molecule has 0 unspecified atom stereocenters. The number of hydrogen-bond acceptors (Lipinski definition) is 6. The van der Waals surface area contributed by atoms with Crippen molar-refractivity contribution >= 4 is 44.6 Å². The number of hydrogen-bond donors (Lipinski definition) is 3. The maximum atomic E-state index is 13.1. The summed E-state index contributed by atoms with van der Waals surface area (Å²) in [4.78, 5) is 40.0. The lowest BCUT2D eigenvalue weighted by molar-refractivity contribution is 0.0526. The second kappa shape index (κ2) is 9.79. The van der Waals surface area contributed by atoms with Crippen molar-refractivity contribution in [2.45, 2.75) is 6.92 Å². The van der Waals surface area contributed by atoms with E-state index in [9.17, 15) is 18.8 Å². The highest BCUT2D eigenvalue weighted by Crippen LogP contribution is 2.27. The zero-order valence-corrected chi connectivity index (χ0v) is 16.8. The van der Waals surface area contributed by atoms with Crippen LogP contribution in [-0.2, 0) is 4.74 Å². The van der Waals surface area contributed by atoms with Gasteiger partial charge in [-0.15, -0.1) is 0 Å². The fourth-order valence-corrected chi connectivity index (χ4v) is 3.44. The van der Waals surface area contributed by atoms with Gasteiger partial charge in [-0.25, -0.2) is 19.0 Å². The first-order chi connectivity index (χ1) is 14.5. The third-order valence-electron chi connectivity index (χ3n) is 3.90. The van der Waals surface area contributed by atoms with Crippen LogP contribution in [0.5, 0.6) is 0 Å². The van der Waals surface area contributed by atoms with Gasteiger partial charge in [0.1, 0.15) is 5.82 Å². The van der Waals surface area contributed by atoms with Gasteiger partial charge in [-0.1, -0.05) is 17.4 Å². The SMILES string of the molecule is CCOC(=O)c1ccc2nc(NC(=O)NCCNC(=O)c3cccc(F)c3)sc2c1. The molecule has 1 aromatic heterocycles. The predicted molar refractivity (Wildman–Crippen MR) is 111 cm³/mol. The van der Waals surface area contributed by atoms with E-state index in [2.05, 4.69) is 20.9 Å². The average molecular weight is 430 g/mol.